The lowest BCUT2D eigenvalue weighted by Gasteiger charge is -2.01. The van der Waals surface area contributed by atoms with Crippen molar-refractivity contribution in [3.63, 3.8) is 0 Å². The number of phenolic OH excluding ortho intramolecular Hbond substituents is 2. The molecule has 3 N–H and O–H groups in total. The van der Waals surface area contributed by atoms with Crippen LogP contribution < -0.4 is 10.2 Å². The van der Waals surface area contributed by atoms with Gasteiger partial charge in [0.1, 0.15) is 17.2 Å². The van der Waals surface area contributed by atoms with E-state index in [-0.39, 0.29) is 11.5 Å². The van der Waals surface area contributed by atoms with Gasteiger partial charge < -0.3 is 14.9 Å². The van der Waals surface area contributed by atoms with Crippen LogP contribution in [0, 0.1) is 0 Å². The lowest BCUT2D eigenvalue weighted by atomic mass is 10.1. The van der Waals surface area contributed by atoms with Crippen LogP contribution in [0.2, 0.25) is 0 Å². The molecule has 25 heavy (non-hydrogen) atoms. The molecular formula is C18H17N3O3S. The SMILES string of the molecule is COc1ccc(Cc2csc(NN=Cc3ccc(O)cc3O)n2)cc1. The van der Waals surface area contributed by atoms with Gasteiger partial charge in [-0.3, -0.25) is 5.43 Å². The van der Waals surface area contributed by atoms with Gasteiger partial charge in [-0.15, -0.1) is 11.3 Å². The van der Waals surface area contributed by atoms with Crippen molar-refractivity contribution in [3.05, 3.63) is 64.7 Å². The van der Waals surface area contributed by atoms with Crippen LogP contribution in [0.5, 0.6) is 17.2 Å². The van der Waals surface area contributed by atoms with Crippen LogP contribution in [0.4, 0.5) is 5.13 Å². The number of aromatic nitrogens is 1. The van der Waals surface area contributed by atoms with Crippen LogP contribution in [0.15, 0.2) is 52.9 Å². The summed E-state index contributed by atoms with van der Waals surface area (Å²) in [6.07, 6.45) is 2.20. The zero-order valence-electron chi connectivity index (χ0n) is 13.5. The average Bonchev–Trinajstić information content (AvgIpc) is 3.05. The largest absolute Gasteiger partial charge is 0.508 e. The molecule has 2 aromatic carbocycles. The summed E-state index contributed by atoms with van der Waals surface area (Å²) in [5.41, 5.74) is 5.44. The van der Waals surface area contributed by atoms with E-state index >= 15 is 0 Å². The van der Waals surface area contributed by atoms with Gasteiger partial charge >= 0.3 is 0 Å². The fourth-order valence-electron chi connectivity index (χ4n) is 2.19. The first-order valence-corrected chi connectivity index (χ1v) is 8.40. The molecule has 7 heteroatoms. The number of hydrogen-bond donors (Lipinski definition) is 3. The van der Waals surface area contributed by atoms with E-state index in [2.05, 4.69) is 15.5 Å². The van der Waals surface area contributed by atoms with Crippen LogP contribution >= 0.6 is 11.3 Å². The van der Waals surface area contributed by atoms with Gasteiger partial charge in [-0.2, -0.15) is 5.10 Å². The van der Waals surface area contributed by atoms with Crippen molar-refractivity contribution < 1.29 is 14.9 Å². The first-order valence-electron chi connectivity index (χ1n) is 7.52. The molecule has 0 unspecified atom stereocenters. The van der Waals surface area contributed by atoms with Gasteiger partial charge in [0.2, 0.25) is 5.13 Å². The minimum Gasteiger partial charge on any atom is -0.508 e. The molecule has 0 amide bonds. The number of nitrogens with one attached hydrogen (secondary N) is 1. The molecule has 0 aliphatic heterocycles. The van der Waals surface area contributed by atoms with Gasteiger partial charge in [-0.05, 0) is 29.8 Å². The number of benzene rings is 2. The third-order valence-corrected chi connectivity index (χ3v) is 4.27. The Morgan fingerprint density at radius 1 is 1.20 bits per heavy atom. The molecule has 0 spiro atoms. The molecule has 0 aliphatic carbocycles. The number of aromatic hydroxyl groups is 2. The van der Waals surface area contributed by atoms with Crippen LogP contribution in [0.3, 0.4) is 0 Å². The van der Waals surface area contributed by atoms with Crippen LogP contribution in [0.25, 0.3) is 0 Å². The van der Waals surface area contributed by atoms with Gasteiger partial charge in [0.25, 0.3) is 0 Å². The minimum absolute atomic E-state index is 0.00528. The second-order valence-corrected chi connectivity index (χ2v) is 6.14. The topological polar surface area (TPSA) is 87.0 Å². The maximum absolute atomic E-state index is 9.69. The quantitative estimate of drug-likeness (QED) is 0.464. The highest BCUT2D eigenvalue weighted by atomic mass is 32.1. The summed E-state index contributed by atoms with van der Waals surface area (Å²) in [6, 6.07) is 12.2. The number of thiazole rings is 1. The highest BCUT2D eigenvalue weighted by Crippen LogP contribution is 2.22. The Bertz CT molecular complexity index is 876. The van der Waals surface area contributed by atoms with Crippen molar-refractivity contribution in [1.29, 1.82) is 0 Å². The molecule has 1 heterocycles. The molecule has 0 saturated carbocycles. The second kappa shape index (κ2) is 7.67. The van der Waals surface area contributed by atoms with E-state index in [0.717, 1.165) is 23.4 Å². The predicted molar refractivity (Wildman–Crippen MR) is 98.9 cm³/mol. The Morgan fingerprint density at radius 2 is 2.00 bits per heavy atom. The molecular weight excluding hydrogens is 338 g/mol. The minimum atomic E-state index is -0.0371. The van der Waals surface area contributed by atoms with E-state index < -0.39 is 0 Å². The number of nitrogens with zero attached hydrogens (tertiary/aromatic N) is 2. The van der Waals surface area contributed by atoms with Gasteiger partial charge in [-0.1, -0.05) is 12.1 Å². The number of anilines is 1. The number of hydrazone groups is 1. The third kappa shape index (κ3) is 4.48. The molecule has 0 fully saturated rings. The van der Waals surface area contributed by atoms with Gasteiger partial charge in [-0.25, -0.2) is 4.98 Å². The zero-order chi connectivity index (χ0) is 17.6. The Labute approximate surface area is 149 Å². The summed E-state index contributed by atoms with van der Waals surface area (Å²) in [5.74, 6) is 0.798. The Morgan fingerprint density at radius 3 is 2.72 bits per heavy atom. The fraction of sp³-hybridized carbons (Fsp3) is 0.111. The smallest absolute Gasteiger partial charge is 0.203 e. The van der Waals surface area contributed by atoms with Crippen molar-refractivity contribution in [2.75, 3.05) is 12.5 Å². The van der Waals surface area contributed by atoms with Gasteiger partial charge in [0.15, 0.2) is 0 Å². The molecule has 0 aliphatic rings. The molecule has 128 valence electrons. The van der Waals surface area contributed by atoms with E-state index in [1.165, 1.54) is 29.7 Å². The summed E-state index contributed by atoms with van der Waals surface area (Å²) < 4.78 is 5.15. The molecule has 0 saturated heterocycles. The van der Waals surface area contributed by atoms with Crippen LogP contribution in [-0.4, -0.2) is 28.5 Å². The summed E-state index contributed by atoms with van der Waals surface area (Å²) in [5, 5.41) is 25.6. The maximum Gasteiger partial charge on any atom is 0.203 e. The summed E-state index contributed by atoms with van der Waals surface area (Å²) in [4.78, 5) is 4.48. The fourth-order valence-corrected chi connectivity index (χ4v) is 2.85. The van der Waals surface area contributed by atoms with E-state index in [0.29, 0.717) is 10.7 Å². The van der Waals surface area contributed by atoms with Crippen LogP contribution in [-0.2, 0) is 6.42 Å². The molecule has 0 radical (unpaired) electrons. The van der Waals surface area contributed by atoms with E-state index in [9.17, 15) is 10.2 Å². The monoisotopic (exact) mass is 355 g/mol. The number of rotatable bonds is 6. The average molecular weight is 355 g/mol. The van der Waals surface area contributed by atoms with Crippen molar-refractivity contribution in [1.82, 2.24) is 4.98 Å². The van der Waals surface area contributed by atoms with Crippen molar-refractivity contribution in [2.45, 2.75) is 6.42 Å². The van der Waals surface area contributed by atoms with Crippen molar-refractivity contribution in [3.8, 4) is 17.2 Å². The zero-order valence-corrected chi connectivity index (χ0v) is 14.3. The Hall–Kier alpha value is -3.06. The second-order valence-electron chi connectivity index (χ2n) is 5.28. The molecule has 3 rings (SSSR count). The molecule has 6 nitrogen and oxygen atoms in total. The maximum atomic E-state index is 9.69. The number of phenols is 2. The molecule has 0 bridgehead atoms. The first-order chi connectivity index (χ1) is 12.1. The Balaban J connectivity index is 1.60. The van der Waals surface area contributed by atoms with E-state index in [1.807, 2.05) is 29.6 Å². The molecule has 1 aromatic heterocycles. The first kappa shape index (κ1) is 16.8. The molecule has 0 atom stereocenters. The summed E-state index contributed by atoms with van der Waals surface area (Å²) in [6.45, 7) is 0. The van der Waals surface area contributed by atoms with Gasteiger partial charge in [0.05, 0.1) is 19.0 Å². The number of ether oxygens (including phenoxy) is 1. The normalized spacial score (nSPS) is 10.9. The standard InChI is InChI=1S/C18H17N3O3S/c1-24-16-6-2-12(3-7-16)8-14-11-25-18(20-14)21-19-10-13-4-5-15(22)9-17(13)23/h2-7,9-11,22-23H,8H2,1H3,(H,20,21). The third-order valence-electron chi connectivity index (χ3n) is 3.47. The Kier molecular flexibility index (Phi) is 5.15. The van der Waals surface area contributed by atoms with E-state index in [1.54, 1.807) is 13.2 Å². The lowest BCUT2D eigenvalue weighted by molar-refractivity contribution is 0.414. The van der Waals surface area contributed by atoms with E-state index in [4.69, 9.17) is 4.74 Å². The summed E-state index contributed by atoms with van der Waals surface area (Å²) >= 11 is 1.46. The van der Waals surface area contributed by atoms with Gasteiger partial charge in [0, 0.05) is 23.4 Å². The lowest BCUT2D eigenvalue weighted by Crippen LogP contribution is -1.92. The number of methoxy groups -OCH3 is 1. The van der Waals surface area contributed by atoms with Crippen LogP contribution in [0.1, 0.15) is 16.8 Å². The predicted octanol–water partition coefficient (Wildman–Crippen LogP) is 3.60. The molecule has 3 aromatic rings. The summed E-state index contributed by atoms with van der Waals surface area (Å²) in [7, 11) is 1.64. The highest BCUT2D eigenvalue weighted by molar-refractivity contribution is 7.13. The van der Waals surface area contributed by atoms with Crippen molar-refractivity contribution in [2.24, 2.45) is 5.10 Å². The highest BCUT2D eigenvalue weighted by Gasteiger charge is 2.04. The van der Waals surface area contributed by atoms with Crippen molar-refractivity contribution >= 4 is 22.7 Å². The number of hydrogen-bond acceptors (Lipinski definition) is 7.